The average Bonchev–Trinajstić information content (AvgIpc) is 3.07. The van der Waals surface area contributed by atoms with Gasteiger partial charge in [0.25, 0.3) is 5.56 Å². The third kappa shape index (κ3) is 2.56. The minimum Gasteiger partial charge on any atom is -0.481 e. The number of hydrogen-bond donors (Lipinski definition) is 1. The van der Waals surface area contributed by atoms with Gasteiger partial charge >= 0.3 is 0 Å². The molecule has 1 N–H and O–H groups in total. The standard InChI is InChI=1S/C20H18N4O2/c1-3-15-18(13-8-5-4-6-9-13)19-22-16(12-17(25)24(19)23-15)14-10-7-11-21-20(14)26-2/h4-12,23H,3H2,1-2H3. The zero-order valence-electron chi connectivity index (χ0n) is 14.6. The van der Waals surface area contributed by atoms with Crippen molar-refractivity contribution in [1.29, 1.82) is 0 Å². The van der Waals surface area contributed by atoms with Gasteiger partial charge in [0.2, 0.25) is 5.88 Å². The number of fused-ring (bicyclic) bond motifs is 1. The minimum absolute atomic E-state index is 0.173. The second kappa shape index (κ2) is 6.48. The highest BCUT2D eigenvalue weighted by atomic mass is 16.5. The molecule has 6 nitrogen and oxygen atoms in total. The summed E-state index contributed by atoms with van der Waals surface area (Å²) in [6.45, 7) is 2.05. The van der Waals surface area contributed by atoms with Crippen LogP contribution in [-0.4, -0.2) is 26.7 Å². The van der Waals surface area contributed by atoms with E-state index < -0.39 is 0 Å². The SMILES string of the molecule is CCc1[nH]n2c(=O)cc(-c3cccnc3OC)nc2c1-c1ccccc1. The van der Waals surface area contributed by atoms with Gasteiger partial charge in [-0.15, -0.1) is 0 Å². The van der Waals surface area contributed by atoms with E-state index in [0.717, 1.165) is 23.2 Å². The smallest absolute Gasteiger partial charge is 0.273 e. The highest BCUT2D eigenvalue weighted by Crippen LogP contribution is 2.30. The van der Waals surface area contributed by atoms with Crippen molar-refractivity contribution in [2.24, 2.45) is 0 Å². The van der Waals surface area contributed by atoms with Crippen LogP contribution in [0, 0.1) is 0 Å². The molecule has 3 aromatic heterocycles. The molecule has 0 amide bonds. The van der Waals surface area contributed by atoms with Crippen LogP contribution in [0.5, 0.6) is 5.88 Å². The van der Waals surface area contributed by atoms with E-state index in [1.807, 2.05) is 43.3 Å². The summed E-state index contributed by atoms with van der Waals surface area (Å²) in [5.41, 5.74) is 4.58. The molecule has 6 heteroatoms. The van der Waals surface area contributed by atoms with Crippen molar-refractivity contribution in [2.75, 3.05) is 7.11 Å². The van der Waals surface area contributed by atoms with E-state index >= 15 is 0 Å². The van der Waals surface area contributed by atoms with Crippen LogP contribution in [-0.2, 0) is 6.42 Å². The zero-order valence-corrected chi connectivity index (χ0v) is 14.6. The monoisotopic (exact) mass is 346 g/mol. The number of methoxy groups -OCH3 is 1. The van der Waals surface area contributed by atoms with Gasteiger partial charge in [-0.05, 0) is 24.1 Å². The molecular weight excluding hydrogens is 328 g/mol. The number of rotatable bonds is 4. The van der Waals surface area contributed by atoms with Crippen LogP contribution in [0.4, 0.5) is 0 Å². The fourth-order valence-electron chi connectivity index (χ4n) is 3.13. The van der Waals surface area contributed by atoms with Gasteiger partial charge in [-0.2, -0.15) is 0 Å². The molecule has 0 unspecified atom stereocenters. The number of H-pyrrole nitrogens is 1. The number of nitrogens with one attached hydrogen (secondary N) is 1. The summed E-state index contributed by atoms with van der Waals surface area (Å²) >= 11 is 0. The summed E-state index contributed by atoms with van der Waals surface area (Å²) < 4.78 is 6.82. The third-order valence-corrected chi connectivity index (χ3v) is 4.35. The Balaban J connectivity index is 2.04. The number of nitrogens with zero attached hydrogens (tertiary/aromatic N) is 3. The van der Waals surface area contributed by atoms with Crippen LogP contribution in [0.1, 0.15) is 12.6 Å². The number of aryl methyl sites for hydroxylation is 1. The van der Waals surface area contributed by atoms with Gasteiger partial charge in [-0.1, -0.05) is 37.3 Å². The van der Waals surface area contributed by atoms with Gasteiger partial charge < -0.3 is 4.74 Å². The number of pyridine rings is 1. The molecule has 1 aromatic carbocycles. The van der Waals surface area contributed by atoms with Crippen LogP contribution >= 0.6 is 0 Å². The first-order valence-corrected chi connectivity index (χ1v) is 8.42. The van der Waals surface area contributed by atoms with Crippen LogP contribution in [0.3, 0.4) is 0 Å². The van der Waals surface area contributed by atoms with Crippen LogP contribution in [0.2, 0.25) is 0 Å². The van der Waals surface area contributed by atoms with Crippen molar-refractivity contribution in [3.8, 4) is 28.3 Å². The van der Waals surface area contributed by atoms with E-state index in [1.165, 1.54) is 10.6 Å². The molecule has 3 heterocycles. The molecule has 0 aliphatic rings. The fourth-order valence-corrected chi connectivity index (χ4v) is 3.13. The minimum atomic E-state index is -0.173. The summed E-state index contributed by atoms with van der Waals surface area (Å²) in [6, 6.07) is 15.1. The Labute approximate surface area is 150 Å². The van der Waals surface area contributed by atoms with Gasteiger partial charge in [0, 0.05) is 23.5 Å². The lowest BCUT2D eigenvalue weighted by molar-refractivity contribution is 0.399. The maximum atomic E-state index is 12.7. The Morgan fingerprint density at radius 2 is 1.96 bits per heavy atom. The fraction of sp³-hybridized carbons (Fsp3) is 0.150. The van der Waals surface area contributed by atoms with Crippen LogP contribution in [0.25, 0.3) is 28.0 Å². The summed E-state index contributed by atoms with van der Waals surface area (Å²) in [7, 11) is 1.55. The molecule has 4 aromatic rings. The third-order valence-electron chi connectivity index (χ3n) is 4.35. The zero-order chi connectivity index (χ0) is 18.1. The second-order valence-electron chi connectivity index (χ2n) is 5.88. The topological polar surface area (TPSA) is 72.3 Å². The summed E-state index contributed by atoms with van der Waals surface area (Å²) in [5, 5.41) is 3.18. The van der Waals surface area contributed by atoms with Gasteiger partial charge in [0.15, 0.2) is 5.65 Å². The lowest BCUT2D eigenvalue weighted by Gasteiger charge is -2.07. The lowest BCUT2D eigenvalue weighted by atomic mass is 10.0. The molecule has 0 radical (unpaired) electrons. The quantitative estimate of drug-likeness (QED) is 0.615. The van der Waals surface area contributed by atoms with Gasteiger partial charge in [-0.3, -0.25) is 9.89 Å². The lowest BCUT2D eigenvalue weighted by Crippen LogP contribution is -2.14. The van der Waals surface area contributed by atoms with Gasteiger partial charge in [-0.25, -0.2) is 14.5 Å². The van der Waals surface area contributed by atoms with E-state index in [-0.39, 0.29) is 5.56 Å². The maximum absolute atomic E-state index is 12.7. The Morgan fingerprint density at radius 1 is 1.15 bits per heavy atom. The van der Waals surface area contributed by atoms with Crippen molar-refractivity contribution < 1.29 is 4.74 Å². The van der Waals surface area contributed by atoms with E-state index in [1.54, 1.807) is 19.4 Å². The maximum Gasteiger partial charge on any atom is 0.273 e. The Hall–Kier alpha value is -3.41. The highest BCUT2D eigenvalue weighted by Gasteiger charge is 2.17. The number of benzene rings is 1. The molecule has 0 fully saturated rings. The summed E-state index contributed by atoms with van der Waals surface area (Å²) in [5.74, 6) is 0.441. The predicted octanol–water partition coefficient (Wildman–Crippen LogP) is 3.32. The Kier molecular flexibility index (Phi) is 4.01. The predicted molar refractivity (Wildman–Crippen MR) is 100 cm³/mol. The number of aromatic nitrogens is 4. The van der Waals surface area contributed by atoms with E-state index in [2.05, 4.69) is 10.1 Å². The number of ether oxygens (including phenoxy) is 1. The van der Waals surface area contributed by atoms with E-state index in [9.17, 15) is 4.79 Å². The Morgan fingerprint density at radius 3 is 2.69 bits per heavy atom. The first kappa shape index (κ1) is 16.1. The van der Waals surface area contributed by atoms with Crippen molar-refractivity contribution in [2.45, 2.75) is 13.3 Å². The van der Waals surface area contributed by atoms with E-state index in [4.69, 9.17) is 9.72 Å². The van der Waals surface area contributed by atoms with Crippen LogP contribution in [0.15, 0.2) is 59.5 Å². The molecule has 0 bridgehead atoms. The van der Waals surface area contributed by atoms with Crippen molar-refractivity contribution in [3.63, 3.8) is 0 Å². The molecule has 0 saturated carbocycles. The van der Waals surface area contributed by atoms with Gasteiger partial charge in [0.05, 0.1) is 18.4 Å². The normalized spacial score (nSPS) is 11.0. The van der Waals surface area contributed by atoms with E-state index in [0.29, 0.717) is 22.8 Å². The summed E-state index contributed by atoms with van der Waals surface area (Å²) in [6.07, 6.45) is 2.41. The number of hydrogen-bond acceptors (Lipinski definition) is 4. The summed E-state index contributed by atoms with van der Waals surface area (Å²) in [4.78, 5) is 21.7. The first-order valence-electron chi connectivity index (χ1n) is 8.42. The van der Waals surface area contributed by atoms with Crippen molar-refractivity contribution in [1.82, 2.24) is 19.6 Å². The molecule has 0 aliphatic heterocycles. The molecule has 0 spiro atoms. The van der Waals surface area contributed by atoms with Crippen molar-refractivity contribution >= 4 is 5.65 Å². The molecule has 26 heavy (non-hydrogen) atoms. The number of aromatic amines is 1. The van der Waals surface area contributed by atoms with Crippen LogP contribution < -0.4 is 10.3 Å². The molecule has 0 saturated heterocycles. The van der Waals surface area contributed by atoms with Gasteiger partial charge in [0.1, 0.15) is 0 Å². The second-order valence-corrected chi connectivity index (χ2v) is 5.88. The van der Waals surface area contributed by atoms with Crippen molar-refractivity contribution in [3.05, 3.63) is 70.8 Å². The average molecular weight is 346 g/mol. The molecule has 0 aliphatic carbocycles. The Bertz CT molecular complexity index is 1130. The molecular formula is C20H18N4O2. The largest absolute Gasteiger partial charge is 0.481 e. The molecule has 0 atom stereocenters. The molecule has 130 valence electrons. The highest BCUT2D eigenvalue weighted by molar-refractivity contribution is 5.81. The molecule has 4 rings (SSSR count). The first-order chi connectivity index (χ1) is 12.7.